The van der Waals surface area contributed by atoms with Crippen molar-refractivity contribution in [3.8, 4) is 0 Å². The van der Waals surface area contributed by atoms with Gasteiger partial charge in [0.05, 0.1) is 14.2 Å². The minimum atomic E-state index is -1.01. The van der Waals surface area contributed by atoms with Gasteiger partial charge >= 0.3 is 0 Å². The molecule has 13 heavy (non-hydrogen) atoms. The van der Waals surface area contributed by atoms with Crippen molar-refractivity contribution in [3.63, 3.8) is 0 Å². The third-order valence-electron chi connectivity index (χ3n) is 2.68. The first-order valence-electron chi connectivity index (χ1n) is 5.35. The Bertz CT molecular complexity index is 181. The number of aliphatic hydroxyl groups excluding tert-OH is 1. The van der Waals surface area contributed by atoms with E-state index in [9.17, 15) is 5.11 Å². The van der Waals surface area contributed by atoms with Gasteiger partial charge in [-0.05, 0) is 25.2 Å². The van der Waals surface area contributed by atoms with E-state index in [0.29, 0.717) is 5.92 Å². The van der Waals surface area contributed by atoms with Crippen LogP contribution in [0.5, 0.6) is 0 Å². The van der Waals surface area contributed by atoms with Crippen LogP contribution in [0.15, 0.2) is 11.8 Å². The average Bonchev–Trinajstić information content (AvgIpc) is 2.34. The van der Waals surface area contributed by atoms with Crippen molar-refractivity contribution >= 4 is 8.07 Å². The summed E-state index contributed by atoms with van der Waals surface area (Å²) in [5, 5.41) is 9.60. The molecule has 0 unspecified atom stereocenters. The second kappa shape index (κ2) is 4.42. The SMILES string of the molecule is C[Si](C)(C)/C=C/C[C@@H]1CCC[C@H]1O. The van der Waals surface area contributed by atoms with Gasteiger partial charge in [-0.1, -0.05) is 37.8 Å². The lowest BCUT2D eigenvalue weighted by Crippen LogP contribution is -2.16. The third-order valence-corrected chi connectivity index (χ3v) is 3.91. The van der Waals surface area contributed by atoms with Crippen LogP contribution in [0, 0.1) is 5.92 Å². The normalized spacial score (nSPS) is 30.2. The Hall–Kier alpha value is -0.0831. The molecule has 0 aromatic rings. The van der Waals surface area contributed by atoms with Crippen molar-refractivity contribution < 1.29 is 5.11 Å². The van der Waals surface area contributed by atoms with Crippen LogP contribution in [0.3, 0.4) is 0 Å². The summed E-state index contributed by atoms with van der Waals surface area (Å²) >= 11 is 0. The molecular weight excluding hydrogens is 176 g/mol. The van der Waals surface area contributed by atoms with Gasteiger partial charge in [-0.15, -0.1) is 0 Å². The minimum absolute atomic E-state index is 0.0220. The maximum absolute atomic E-state index is 9.60. The fraction of sp³-hybridized carbons (Fsp3) is 0.818. The standard InChI is InChI=1S/C11H22OSi/c1-13(2,3)9-5-7-10-6-4-8-11(10)12/h5,9-12H,4,6-8H2,1-3H3/b9-5+/t10-,11+/m0/s1. The van der Waals surface area contributed by atoms with Crippen LogP contribution in [0.25, 0.3) is 0 Å². The molecule has 0 saturated heterocycles. The Morgan fingerprint density at radius 3 is 2.46 bits per heavy atom. The van der Waals surface area contributed by atoms with Crippen molar-refractivity contribution in [1.82, 2.24) is 0 Å². The molecule has 0 heterocycles. The fourth-order valence-electron chi connectivity index (χ4n) is 1.89. The van der Waals surface area contributed by atoms with Crippen molar-refractivity contribution in [2.45, 2.75) is 51.4 Å². The van der Waals surface area contributed by atoms with Gasteiger partial charge in [0.1, 0.15) is 0 Å². The quantitative estimate of drug-likeness (QED) is 0.691. The predicted octanol–water partition coefficient (Wildman–Crippen LogP) is 2.97. The lowest BCUT2D eigenvalue weighted by Gasteiger charge is -2.13. The molecule has 1 aliphatic rings. The summed E-state index contributed by atoms with van der Waals surface area (Å²) in [7, 11) is -1.01. The smallest absolute Gasteiger partial charge is 0.0682 e. The maximum atomic E-state index is 9.60. The first kappa shape index (κ1) is 11.0. The van der Waals surface area contributed by atoms with E-state index in [1.807, 2.05) is 0 Å². The summed E-state index contributed by atoms with van der Waals surface area (Å²) in [6.07, 6.45) is 6.82. The van der Waals surface area contributed by atoms with E-state index in [2.05, 4.69) is 31.4 Å². The first-order valence-corrected chi connectivity index (χ1v) is 8.92. The number of aliphatic hydroxyl groups is 1. The van der Waals surface area contributed by atoms with Crippen molar-refractivity contribution in [3.05, 3.63) is 11.8 Å². The minimum Gasteiger partial charge on any atom is -0.393 e. The van der Waals surface area contributed by atoms with E-state index < -0.39 is 8.07 Å². The summed E-state index contributed by atoms with van der Waals surface area (Å²) in [6.45, 7) is 7.03. The lowest BCUT2D eigenvalue weighted by atomic mass is 10.0. The molecule has 0 bridgehead atoms. The summed E-state index contributed by atoms with van der Waals surface area (Å²) < 4.78 is 0. The molecule has 76 valence electrons. The number of hydrogen-bond acceptors (Lipinski definition) is 1. The Morgan fingerprint density at radius 1 is 1.31 bits per heavy atom. The fourth-order valence-corrected chi connectivity index (χ4v) is 2.73. The molecule has 2 atom stereocenters. The highest BCUT2D eigenvalue weighted by Crippen LogP contribution is 2.28. The van der Waals surface area contributed by atoms with Crippen molar-refractivity contribution in [2.24, 2.45) is 5.92 Å². The molecule has 2 heteroatoms. The second-order valence-electron chi connectivity index (χ2n) is 5.26. The summed E-state index contributed by atoms with van der Waals surface area (Å²) in [5.41, 5.74) is 2.39. The number of allylic oxidation sites excluding steroid dienone is 1. The average molecular weight is 198 g/mol. The lowest BCUT2D eigenvalue weighted by molar-refractivity contribution is 0.134. The van der Waals surface area contributed by atoms with E-state index in [1.54, 1.807) is 0 Å². The zero-order chi connectivity index (χ0) is 9.90. The molecule has 1 N–H and O–H groups in total. The van der Waals surface area contributed by atoms with Crippen LogP contribution in [0.2, 0.25) is 19.6 Å². The molecule has 0 aromatic carbocycles. The van der Waals surface area contributed by atoms with E-state index in [4.69, 9.17) is 0 Å². The summed E-state index contributed by atoms with van der Waals surface area (Å²) in [6, 6.07) is 0. The largest absolute Gasteiger partial charge is 0.393 e. The van der Waals surface area contributed by atoms with Gasteiger partial charge in [-0.25, -0.2) is 0 Å². The number of hydrogen-bond donors (Lipinski definition) is 1. The topological polar surface area (TPSA) is 20.2 Å². The molecule has 1 nitrogen and oxygen atoms in total. The summed E-state index contributed by atoms with van der Waals surface area (Å²) in [5.74, 6) is 0.549. The summed E-state index contributed by atoms with van der Waals surface area (Å²) in [4.78, 5) is 0. The third kappa shape index (κ3) is 4.10. The van der Waals surface area contributed by atoms with Crippen LogP contribution in [0.4, 0.5) is 0 Å². The molecule has 0 spiro atoms. The highest BCUT2D eigenvalue weighted by molar-refractivity contribution is 6.80. The molecule has 0 aliphatic heterocycles. The van der Waals surface area contributed by atoms with Gasteiger partial charge in [-0.2, -0.15) is 0 Å². The molecule has 1 saturated carbocycles. The zero-order valence-electron chi connectivity index (χ0n) is 9.09. The Labute approximate surface area is 82.9 Å². The van der Waals surface area contributed by atoms with Gasteiger partial charge in [0.25, 0.3) is 0 Å². The number of rotatable bonds is 3. The predicted molar refractivity (Wildman–Crippen MR) is 60.5 cm³/mol. The molecular formula is C11H22OSi. The Morgan fingerprint density at radius 2 is 2.00 bits per heavy atom. The first-order chi connectivity index (χ1) is 5.99. The van der Waals surface area contributed by atoms with Gasteiger partial charge in [-0.3, -0.25) is 0 Å². The highest BCUT2D eigenvalue weighted by Gasteiger charge is 2.23. The van der Waals surface area contributed by atoms with E-state index in [-0.39, 0.29) is 6.10 Å². The zero-order valence-corrected chi connectivity index (χ0v) is 10.1. The molecule has 1 fully saturated rings. The van der Waals surface area contributed by atoms with Crippen LogP contribution < -0.4 is 0 Å². The maximum Gasteiger partial charge on any atom is 0.0682 e. The van der Waals surface area contributed by atoms with Gasteiger partial charge in [0, 0.05) is 0 Å². The van der Waals surface area contributed by atoms with Crippen molar-refractivity contribution in [1.29, 1.82) is 0 Å². The van der Waals surface area contributed by atoms with Crippen LogP contribution in [-0.4, -0.2) is 19.3 Å². The van der Waals surface area contributed by atoms with Crippen molar-refractivity contribution in [2.75, 3.05) is 0 Å². The van der Waals surface area contributed by atoms with Gasteiger partial charge in [0.2, 0.25) is 0 Å². The Kier molecular flexibility index (Phi) is 3.74. The highest BCUT2D eigenvalue weighted by atomic mass is 28.3. The van der Waals surface area contributed by atoms with E-state index in [1.165, 1.54) is 12.8 Å². The van der Waals surface area contributed by atoms with Gasteiger partial charge in [0.15, 0.2) is 0 Å². The second-order valence-corrected chi connectivity index (χ2v) is 10.3. The van der Waals surface area contributed by atoms with Gasteiger partial charge < -0.3 is 5.11 Å². The molecule has 0 radical (unpaired) electrons. The Balaban J connectivity index is 2.29. The van der Waals surface area contributed by atoms with Crippen LogP contribution in [-0.2, 0) is 0 Å². The molecule has 0 aromatic heterocycles. The monoisotopic (exact) mass is 198 g/mol. The van der Waals surface area contributed by atoms with Crippen LogP contribution >= 0.6 is 0 Å². The van der Waals surface area contributed by atoms with E-state index >= 15 is 0 Å². The molecule has 0 amide bonds. The molecule has 1 aliphatic carbocycles. The van der Waals surface area contributed by atoms with Crippen LogP contribution in [0.1, 0.15) is 25.7 Å². The van der Waals surface area contributed by atoms with E-state index in [0.717, 1.165) is 12.8 Å². The molecule has 1 rings (SSSR count).